The lowest BCUT2D eigenvalue weighted by Gasteiger charge is -2.11. The van der Waals surface area contributed by atoms with Crippen molar-refractivity contribution in [3.8, 4) is 11.3 Å². The number of pyridine rings is 1. The van der Waals surface area contributed by atoms with Crippen LogP contribution in [0.3, 0.4) is 0 Å². The van der Waals surface area contributed by atoms with Gasteiger partial charge in [-0.05, 0) is 36.4 Å². The molecule has 0 amide bonds. The minimum atomic E-state index is -0.446. The summed E-state index contributed by atoms with van der Waals surface area (Å²) in [5.41, 5.74) is 3.47. The molecule has 0 radical (unpaired) electrons. The van der Waals surface area contributed by atoms with Gasteiger partial charge in [-0.15, -0.1) is 0 Å². The van der Waals surface area contributed by atoms with Crippen molar-refractivity contribution in [2.45, 2.75) is 6.61 Å². The van der Waals surface area contributed by atoms with Crippen molar-refractivity contribution in [3.63, 3.8) is 0 Å². The van der Waals surface area contributed by atoms with Crippen LogP contribution in [0.5, 0.6) is 0 Å². The lowest BCUT2D eigenvalue weighted by atomic mass is 10.0. The van der Waals surface area contributed by atoms with Crippen LogP contribution in [0.1, 0.15) is 15.9 Å². The van der Waals surface area contributed by atoms with Crippen LogP contribution >= 0.6 is 39.1 Å². The fourth-order valence-electron chi connectivity index (χ4n) is 2.98. The summed E-state index contributed by atoms with van der Waals surface area (Å²) in [6.45, 7) is 0.0489. The Balaban J connectivity index is 1.72. The molecule has 1 heterocycles. The van der Waals surface area contributed by atoms with Gasteiger partial charge < -0.3 is 4.74 Å². The third-order valence-electron chi connectivity index (χ3n) is 4.43. The van der Waals surface area contributed by atoms with Gasteiger partial charge in [-0.2, -0.15) is 0 Å². The molecule has 0 saturated heterocycles. The number of rotatable bonds is 4. The number of hydrogen-bond acceptors (Lipinski definition) is 3. The van der Waals surface area contributed by atoms with Crippen LogP contribution in [0.4, 0.5) is 0 Å². The molecule has 0 N–H and O–H groups in total. The van der Waals surface area contributed by atoms with Crippen molar-refractivity contribution in [3.05, 3.63) is 98.4 Å². The number of benzene rings is 3. The fraction of sp³-hybridized carbons (Fsp3) is 0.0435. The Labute approximate surface area is 186 Å². The van der Waals surface area contributed by atoms with Crippen molar-refractivity contribution in [2.75, 3.05) is 0 Å². The largest absolute Gasteiger partial charge is 0.457 e. The summed E-state index contributed by atoms with van der Waals surface area (Å²) in [5, 5.41) is 1.70. The maximum Gasteiger partial charge on any atom is 0.339 e. The van der Waals surface area contributed by atoms with E-state index in [1.165, 1.54) is 0 Å². The van der Waals surface area contributed by atoms with Crippen molar-refractivity contribution >= 4 is 56.0 Å². The normalized spacial score (nSPS) is 10.9. The van der Waals surface area contributed by atoms with E-state index >= 15 is 0 Å². The van der Waals surface area contributed by atoms with Crippen molar-refractivity contribution < 1.29 is 9.53 Å². The lowest BCUT2D eigenvalue weighted by molar-refractivity contribution is 0.0475. The van der Waals surface area contributed by atoms with Crippen LogP contribution in [-0.4, -0.2) is 11.0 Å². The van der Waals surface area contributed by atoms with Gasteiger partial charge in [0.2, 0.25) is 0 Å². The molecule has 0 fully saturated rings. The van der Waals surface area contributed by atoms with E-state index in [2.05, 4.69) is 15.9 Å². The third-order valence-corrected chi connectivity index (χ3v) is 5.51. The molecule has 3 aromatic carbocycles. The third kappa shape index (κ3) is 4.45. The van der Waals surface area contributed by atoms with Gasteiger partial charge >= 0.3 is 5.97 Å². The van der Waals surface area contributed by atoms with E-state index < -0.39 is 5.97 Å². The zero-order chi connectivity index (χ0) is 20.4. The van der Waals surface area contributed by atoms with Gasteiger partial charge in [0.1, 0.15) is 6.61 Å². The fourth-order valence-corrected chi connectivity index (χ4v) is 3.81. The molecule has 4 aromatic rings. The lowest BCUT2D eigenvalue weighted by Crippen LogP contribution is -2.07. The molecule has 29 heavy (non-hydrogen) atoms. The summed E-state index contributed by atoms with van der Waals surface area (Å²) in [4.78, 5) is 17.7. The Bertz CT molecular complexity index is 1210. The summed E-state index contributed by atoms with van der Waals surface area (Å²) < 4.78 is 6.42. The summed E-state index contributed by atoms with van der Waals surface area (Å²) >= 11 is 15.6. The van der Waals surface area contributed by atoms with Crippen LogP contribution < -0.4 is 0 Å². The average molecular weight is 487 g/mol. The van der Waals surface area contributed by atoms with Crippen molar-refractivity contribution in [1.82, 2.24) is 4.98 Å². The van der Waals surface area contributed by atoms with Gasteiger partial charge in [-0.1, -0.05) is 75.5 Å². The molecule has 0 aliphatic rings. The molecule has 4 rings (SSSR count). The summed E-state index contributed by atoms with van der Waals surface area (Å²) in [6, 6.07) is 22.2. The molecule has 0 aliphatic heterocycles. The van der Waals surface area contributed by atoms with E-state index in [1.54, 1.807) is 24.3 Å². The monoisotopic (exact) mass is 485 g/mol. The maximum absolute atomic E-state index is 13.0. The van der Waals surface area contributed by atoms with Crippen LogP contribution in [0.25, 0.3) is 22.2 Å². The first-order valence-corrected chi connectivity index (χ1v) is 10.3. The van der Waals surface area contributed by atoms with E-state index in [1.807, 2.05) is 48.5 Å². The molecular formula is C23H14BrCl2NO2. The quantitative estimate of drug-likeness (QED) is 0.283. The van der Waals surface area contributed by atoms with Crippen molar-refractivity contribution in [1.29, 1.82) is 0 Å². The predicted octanol–water partition coefficient (Wildman–Crippen LogP) is 7.33. The number of esters is 1. The molecule has 0 saturated carbocycles. The molecule has 144 valence electrons. The van der Waals surface area contributed by atoms with Gasteiger partial charge in [0.15, 0.2) is 0 Å². The summed E-state index contributed by atoms with van der Waals surface area (Å²) in [5.74, 6) is -0.446. The standard InChI is InChI=1S/C23H14BrCl2NO2/c24-16-7-9-21-18(10-16)19(12-22(27-21)14-4-2-1-3-5-14)23(28)29-13-15-6-8-17(25)11-20(15)26/h1-12H,13H2. The Morgan fingerprint density at radius 1 is 0.966 bits per heavy atom. The van der Waals surface area contributed by atoms with Gasteiger partial charge in [-0.3, -0.25) is 0 Å². The Hall–Kier alpha value is -2.40. The molecule has 0 aliphatic carbocycles. The Morgan fingerprint density at radius 2 is 1.76 bits per heavy atom. The highest BCUT2D eigenvalue weighted by molar-refractivity contribution is 9.10. The number of carbonyl (C=O) groups is 1. The van der Waals surface area contributed by atoms with E-state index in [0.717, 1.165) is 10.0 Å². The maximum atomic E-state index is 13.0. The second-order valence-electron chi connectivity index (χ2n) is 6.39. The number of aromatic nitrogens is 1. The number of nitrogens with zero attached hydrogens (tertiary/aromatic N) is 1. The second kappa shape index (κ2) is 8.54. The topological polar surface area (TPSA) is 39.2 Å². The molecule has 1 aromatic heterocycles. The van der Waals surface area contributed by atoms with Crippen LogP contribution in [-0.2, 0) is 11.3 Å². The zero-order valence-corrected chi connectivity index (χ0v) is 18.1. The molecule has 3 nitrogen and oxygen atoms in total. The Kier molecular flexibility index (Phi) is 5.86. The van der Waals surface area contributed by atoms with Gasteiger partial charge in [0.25, 0.3) is 0 Å². The average Bonchev–Trinajstić information content (AvgIpc) is 2.73. The van der Waals surface area contributed by atoms with Crippen LogP contribution in [0, 0.1) is 0 Å². The minimum Gasteiger partial charge on any atom is -0.457 e. The highest BCUT2D eigenvalue weighted by atomic mass is 79.9. The highest BCUT2D eigenvalue weighted by Crippen LogP contribution is 2.28. The van der Waals surface area contributed by atoms with E-state index in [9.17, 15) is 4.79 Å². The van der Waals surface area contributed by atoms with E-state index in [0.29, 0.717) is 37.8 Å². The first-order chi connectivity index (χ1) is 14.0. The molecular weight excluding hydrogens is 473 g/mol. The van der Waals surface area contributed by atoms with Gasteiger partial charge in [-0.25, -0.2) is 9.78 Å². The molecule has 0 atom stereocenters. The smallest absolute Gasteiger partial charge is 0.339 e. The Morgan fingerprint density at radius 3 is 2.52 bits per heavy atom. The number of hydrogen-bond donors (Lipinski definition) is 0. The SMILES string of the molecule is O=C(OCc1ccc(Cl)cc1Cl)c1cc(-c2ccccc2)nc2ccc(Br)cc12. The number of carbonyl (C=O) groups excluding carboxylic acids is 1. The summed E-state index contributed by atoms with van der Waals surface area (Å²) in [7, 11) is 0. The van der Waals surface area contributed by atoms with E-state index in [-0.39, 0.29) is 6.61 Å². The van der Waals surface area contributed by atoms with Crippen LogP contribution in [0.2, 0.25) is 10.0 Å². The number of fused-ring (bicyclic) bond motifs is 1. The van der Waals surface area contributed by atoms with Crippen molar-refractivity contribution in [2.24, 2.45) is 0 Å². The first-order valence-electron chi connectivity index (χ1n) is 8.78. The highest BCUT2D eigenvalue weighted by Gasteiger charge is 2.16. The molecule has 0 unspecified atom stereocenters. The number of ether oxygens (including phenoxy) is 1. The van der Waals surface area contributed by atoms with Gasteiger partial charge in [0.05, 0.1) is 16.8 Å². The van der Waals surface area contributed by atoms with Crippen LogP contribution in [0.15, 0.2) is 77.3 Å². The first kappa shape index (κ1) is 19.9. The van der Waals surface area contributed by atoms with E-state index in [4.69, 9.17) is 32.9 Å². The van der Waals surface area contributed by atoms with Gasteiger partial charge in [0, 0.05) is 31.0 Å². The second-order valence-corrected chi connectivity index (χ2v) is 8.15. The molecule has 0 bridgehead atoms. The predicted molar refractivity (Wildman–Crippen MR) is 120 cm³/mol. The minimum absolute atomic E-state index is 0.0489. The molecule has 6 heteroatoms. The zero-order valence-electron chi connectivity index (χ0n) is 15.0. The summed E-state index contributed by atoms with van der Waals surface area (Å²) in [6.07, 6.45) is 0. The number of halogens is 3. The molecule has 0 spiro atoms.